The van der Waals surface area contributed by atoms with Crippen LogP contribution < -0.4 is 19.1 Å². The fraction of sp³-hybridized carbons (Fsp3) is 0.381. The monoisotopic (exact) mass is 420 g/mol. The van der Waals surface area contributed by atoms with E-state index >= 15 is 0 Å². The molecule has 2 rings (SSSR count). The Labute approximate surface area is 172 Å². The van der Waals surface area contributed by atoms with Gasteiger partial charge in [0.2, 0.25) is 15.9 Å². The lowest BCUT2D eigenvalue weighted by Crippen LogP contribution is -2.32. The lowest BCUT2D eigenvalue weighted by molar-refractivity contribution is -0.121. The molecule has 0 atom stereocenters. The zero-order chi connectivity index (χ0) is 21.3. The molecule has 0 saturated heterocycles. The van der Waals surface area contributed by atoms with Crippen molar-refractivity contribution in [2.24, 2.45) is 0 Å². The van der Waals surface area contributed by atoms with Crippen molar-refractivity contribution in [1.82, 2.24) is 5.32 Å². The summed E-state index contributed by atoms with van der Waals surface area (Å²) < 4.78 is 36.4. The maximum atomic E-state index is 12.1. The number of hydrogen-bond donors (Lipinski definition) is 1. The topological polar surface area (TPSA) is 84.9 Å². The number of aryl methyl sites for hydroxylation is 1. The molecular weight excluding hydrogens is 392 g/mol. The van der Waals surface area contributed by atoms with Crippen molar-refractivity contribution in [1.29, 1.82) is 0 Å². The minimum atomic E-state index is -3.47. The Morgan fingerprint density at radius 1 is 1.14 bits per heavy atom. The van der Waals surface area contributed by atoms with Crippen molar-refractivity contribution in [2.75, 3.05) is 37.4 Å². The third-order valence-corrected chi connectivity index (χ3v) is 5.48. The molecule has 0 aromatic heterocycles. The highest BCUT2D eigenvalue weighted by atomic mass is 32.2. The molecular formula is C21H28N2O5S. The van der Waals surface area contributed by atoms with Crippen LogP contribution in [-0.4, -0.2) is 47.4 Å². The number of carbonyl (C=O) groups excluding carboxylic acids is 1. The first-order chi connectivity index (χ1) is 13.8. The number of rotatable bonds is 11. The Morgan fingerprint density at radius 2 is 1.90 bits per heavy atom. The summed E-state index contributed by atoms with van der Waals surface area (Å²) in [5.74, 6) is 1.23. The molecule has 0 spiro atoms. The first-order valence-corrected chi connectivity index (χ1v) is 11.2. The standard InChI is InChI=1S/C21H28N2O5S/c1-17-8-4-5-11-20(17)28-15-13-22-21(24)12-7-14-23(29(3,25)26)18-9-6-10-19(16-18)27-2/h4-6,8-11,16H,7,12-15H2,1-3H3,(H,22,24). The molecule has 2 aromatic carbocycles. The van der Waals surface area contributed by atoms with E-state index < -0.39 is 10.0 Å². The predicted octanol–water partition coefficient (Wildman–Crippen LogP) is 2.75. The molecule has 0 aliphatic rings. The third-order valence-electron chi connectivity index (χ3n) is 4.28. The average molecular weight is 421 g/mol. The van der Waals surface area contributed by atoms with Crippen LogP contribution in [-0.2, 0) is 14.8 Å². The molecule has 8 heteroatoms. The van der Waals surface area contributed by atoms with Gasteiger partial charge in [-0.3, -0.25) is 9.10 Å². The normalized spacial score (nSPS) is 11.0. The van der Waals surface area contributed by atoms with Crippen molar-refractivity contribution in [3.05, 3.63) is 54.1 Å². The average Bonchev–Trinajstić information content (AvgIpc) is 2.69. The maximum Gasteiger partial charge on any atom is 0.232 e. The van der Waals surface area contributed by atoms with Gasteiger partial charge in [-0.05, 0) is 37.1 Å². The maximum absolute atomic E-state index is 12.1. The summed E-state index contributed by atoms with van der Waals surface area (Å²) in [6, 6.07) is 14.5. The summed E-state index contributed by atoms with van der Waals surface area (Å²) in [4.78, 5) is 12.0. The fourth-order valence-electron chi connectivity index (χ4n) is 2.79. The number of nitrogens with one attached hydrogen (secondary N) is 1. The number of carbonyl (C=O) groups is 1. The Hall–Kier alpha value is -2.74. The van der Waals surface area contributed by atoms with E-state index in [0.717, 1.165) is 17.6 Å². The van der Waals surface area contributed by atoms with Crippen LogP contribution in [0.15, 0.2) is 48.5 Å². The molecule has 0 fully saturated rings. The lowest BCUT2D eigenvalue weighted by Gasteiger charge is -2.22. The summed E-state index contributed by atoms with van der Waals surface area (Å²) in [5, 5.41) is 2.79. The molecule has 0 radical (unpaired) electrons. The molecule has 0 unspecified atom stereocenters. The molecule has 0 heterocycles. The second-order valence-corrected chi connectivity index (χ2v) is 8.51. The van der Waals surface area contributed by atoms with E-state index in [1.54, 1.807) is 24.3 Å². The predicted molar refractivity (Wildman–Crippen MR) is 114 cm³/mol. The van der Waals surface area contributed by atoms with Crippen LogP contribution >= 0.6 is 0 Å². The first-order valence-electron chi connectivity index (χ1n) is 9.38. The van der Waals surface area contributed by atoms with Crippen LogP contribution in [0.25, 0.3) is 0 Å². The lowest BCUT2D eigenvalue weighted by atomic mass is 10.2. The van der Waals surface area contributed by atoms with Crippen LogP contribution in [0.1, 0.15) is 18.4 Å². The second kappa shape index (κ2) is 10.7. The van der Waals surface area contributed by atoms with Gasteiger partial charge in [0.25, 0.3) is 0 Å². The summed E-state index contributed by atoms with van der Waals surface area (Å²) >= 11 is 0. The highest BCUT2D eigenvalue weighted by Gasteiger charge is 2.18. The van der Waals surface area contributed by atoms with Crippen LogP contribution in [0.3, 0.4) is 0 Å². The Balaban J connectivity index is 1.78. The van der Waals surface area contributed by atoms with Gasteiger partial charge in [0.1, 0.15) is 18.1 Å². The molecule has 0 bridgehead atoms. The van der Waals surface area contributed by atoms with Gasteiger partial charge in [-0.25, -0.2) is 8.42 Å². The highest BCUT2D eigenvalue weighted by Crippen LogP contribution is 2.23. The molecule has 1 N–H and O–H groups in total. The number of amides is 1. The zero-order valence-electron chi connectivity index (χ0n) is 17.1. The van der Waals surface area contributed by atoms with E-state index in [1.807, 2.05) is 31.2 Å². The van der Waals surface area contributed by atoms with Gasteiger partial charge in [-0.1, -0.05) is 24.3 Å². The van der Waals surface area contributed by atoms with Gasteiger partial charge in [-0.15, -0.1) is 0 Å². The van der Waals surface area contributed by atoms with E-state index in [9.17, 15) is 13.2 Å². The van der Waals surface area contributed by atoms with Crippen LogP contribution in [0.2, 0.25) is 0 Å². The number of sulfonamides is 1. The van der Waals surface area contributed by atoms with Gasteiger partial charge in [0, 0.05) is 19.0 Å². The van der Waals surface area contributed by atoms with Crippen LogP contribution in [0.4, 0.5) is 5.69 Å². The number of benzene rings is 2. The molecule has 29 heavy (non-hydrogen) atoms. The summed E-state index contributed by atoms with van der Waals surface area (Å²) in [6.45, 7) is 2.93. The van der Waals surface area contributed by atoms with Gasteiger partial charge in [0.05, 0.1) is 25.6 Å². The second-order valence-electron chi connectivity index (χ2n) is 6.60. The van der Waals surface area contributed by atoms with Gasteiger partial charge < -0.3 is 14.8 Å². The molecule has 0 saturated carbocycles. The largest absolute Gasteiger partial charge is 0.497 e. The summed E-state index contributed by atoms with van der Waals surface area (Å²) in [6.07, 6.45) is 1.77. The van der Waals surface area contributed by atoms with Crippen molar-refractivity contribution in [2.45, 2.75) is 19.8 Å². The fourth-order valence-corrected chi connectivity index (χ4v) is 3.75. The quantitative estimate of drug-likeness (QED) is 0.565. The van der Waals surface area contributed by atoms with E-state index in [2.05, 4.69) is 5.32 Å². The number of methoxy groups -OCH3 is 1. The summed E-state index contributed by atoms with van der Waals surface area (Å²) in [5.41, 5.74) is 1.55. The highest BCUT2D eigenvalue weighted by molar-refractivity contribution is 7.92. The SMILES string of the molecule is COc1cccc(N(CCCC(=O)NCCOc2ccccc2C)S(C)(=O)=O)c1. The van der Waals surface area contributed by atoms with Crippen LogP contribution in [0, 0.1) is 6.92 Å². The zero-order valence-corrected chi connectivity index (χ0v) is 17.9. The Kier molecular flexibility index (Phi) is 8.33. The van der Waals surface area contributed by atoms with Crippen molar-refractivity contribution >= 4 is 21.6 Å². The Morgan fingerprint density at radius 3 is 2.59 bits per heavy atom. The van der Waals surface area contributed by atoms with Gasteiger partial charge >= 0.3 is 0 Å². The van der Waals surface area contributed by atoms with Crippen LogP contribution in [0.5, 0.6) is 11.5 Å². The molecule has 0 aliphatic carbocycles. The Bertz CT molecular complexity index is 915. The minimum absolute atomic E-state index is 0.141. The van der Waals surface area contributed by atoms with E-state index in [0.29, 0.717) is 31.0 Å². The molecule has 7 nitrogen and oxygen atoms in total. The van der Waals surface area contributed by atoms with Crippen molar-refractivity contribution in [3.8, 4) is 11.5 Å². The van der Waals surface area contributed by atoms with E-state index in [1.165, 1.54) is 11.4 Å². The number of ether oxygens (including phenoxy) is 2. The van der Waals surface area contributed by atoms with E-state index in [4.69, 9.17) is 9.47 Å². The number of anilines is 1. The van der Waals surface area contributed by atoms with Crippen molar-refractivity contribution < 1.29 is 22.7 Å². The number of nitrogens with zero attached hydrogens (tertiary/aromatic N) is 1. The third kappa shape index (κ3) is 7.30. The van der Waals surface area contributed by atoms with Crippen molar-refractivity contribution in [3.63, 3.8) is 0 Å². The molecule has 158 valence electrons. The molecule has 0 aliphatic heterocycles. The smallest absolute Gasteiger partial charge is 0.232 e. The summed E-state index contributed by atoms with van der Waals surface area (Å²) in [7, 11) is -1.95. The van der Waals surface area contributed by atoms with Gasteiger partial charge in [-0.2, -0.15) is 0 Å². The molecule has 1 amide bonds. The van der Waals surface area contributed by atoms with E-state index in [-0.39, 0.29) is 18.9 Å². The van der Waals surface area contributed by atoms with Gasteiger partial charge in [0.15, 0.2) is 0 Å². The first kappa shape index (κ1) is 22.5. The number of hydrogen-bond acceptors (Lipinski definition) is 5. The number of para-hydroxylation sites is 1. The minimum Gasteiger partial charge on any atom is -0.497 e. The molecule has 2 aromatic rings.